The van der Waals surface area contributed by atoms with Crippen LogP contribution in [0.5, 0.6) is 69.0 Å². The second-order valence-electron chi connectivity index (χ2n) is 32.5. The maximum absolute atomic E-state index is 6.85. The molecule has 0 fully saturated rings. The minimum Gasteiger partial charge on any atom is -0.458 e. The highest BCUT2D eigenvalue weighted by Gasteiger charge is 2.46. The van der Waals surface area contributed by atoms with Crippen LogP contribution in [0.4, 0.5) is 0 Å². The van der Waals surface area contributed by atoms with E-state index in [4.69, 9.17) is 28.4 Å². The highest BCUT2D eigenvalue weighted by Crippen LogP contribution is 2.48. The Kier molecular flexibility index (Phi) is 18.3. The predicted molar refractivity (Wildman–Crippen MR) is 505 cm³/mol. The molecule has 0 unspecified atom stereocenters. The summed E-state index contributed by atoms with van der Waals surface area (Å²) in [5.74, 6) is 10.6. The van der Waals surface area contributed by atoms with Crippen molar-refractivity contribution in [2.75, 3.05) is 0 Å². The molecule has 6 nitrogen and oxygen atoms in total. The molecule has 0 N–H and O–H groups in total. The smallest absolute Gasteiger partial charge is 0.260 e. The molecule has 0 atom stereocenters. The summed E-state index contributed by atoms with van der Waals surface area (Å²) in [5, 5.41) is 0. The van der Waals surface area contributed by atoms with Gasteiger partial charge in [-0.3, -0.25) is 0 Å². The zero-order valence-corrected chi connectivity index (χ0v) is 68.1. The summed E-state index contributed by atoms with van der Waals surface area (Å²) >= 11 is 0. The minimum atomic E-state index is -0.0283. The van der Waals surface area contributed by atoms with E-state index in [1.807, 2.05) is 12.1 Å². The Morgan fingerprint density at radius 2 is 0.393 bits per heavy atom. The fourth-order valence-corrected chi connectivity index (χ4v) is 19.2. The Bertz CT molecular complexity index is 7030. The van der Waals surface area contributed by atoms with Crippen LogP contribution in [0.1, 0.15) is 27.8 Å². The third kappa shape index (κ3) is 12.8. The Morgan fingerprint density at radius 1 is 0.148 bits per heavy atom. The van der Waals surface area contributed by atoms with Gasteiger partial charge in [0.15, 0.2) is 0 Å². The van der Waals surface area contributed by atoms with Crippen molar-refractivity contribution < 1.29 is 28.4 Å². The molecule has 0 aliphatic carbocycles. The van der Waals surface area contributed by atoms with E-state index in [2.05, 4.69) is 411 Å². The molecule has 9 heteroatoms. The summed E-state index contributed by atoms with van der Waals surface area (Å²) < 4.78 is 40.4. The molecule has 0 aromatic heterocycles. The predicted octanol–water partition coefficient (Wildman–Crippen LogP) is 23.8. The van der Waals surface area contributed by atoms with Crippen molar-refractivity contribution in [2.45, 2.75) is 34.6 Å². The number of benzene rings is 18. The monoisotopic (exact) mass is 1560 g/mol. The highest BCUT2D eigenvalue weighted by atomic mass is 16.5. The molecule has 6 heterocycles. The Balaban J connectivity index is 0.000000109. The number of fused-ring (bicyclic) bond motifs is 12. The quantitative estimate of drug-likeness (QED) is 0.134. The number of aryl methyl sites for hydroxylation is 5. The van der Waals surface area contributed by atoms with Crippen molar-refractivity contribution in [1.29, 1.82) is 0 Å². The molecule has 6 aliphatic heterocycles. The van der Waals surface area contributed by atoms with Crippen molar-refractivity contribution in [3.63, 3.8) is 0 Å². The van der Waals surface area contributed by atoms with Gasteiger partial charge in [0.2, 0.25) is 0 Å². The lowest BCUT2D eigenvalue weighted by Gasteiger charge is -2.35. The van der Waals surface area contributed by atoms with E-state index in [-0.39, 0.29) is 20.1 Å². The lowest BCUT2D eigenvalue weighted by atomic mass is 9.34. The van der Waals surface area contributed by atoms with Gasteiger partial charge < -0.3 is 28.4 Å². The first-order valence-corrected chi connectivity index (χ1v) is 42.0. The normalized spacial score (nSPS) is 12.5. The van der Waals surface area contributed by atoms with Crippen LogP contribution >= 0.6 is 0 Å². The van der Waals surface area contributed by atoms with Gasteiger partial charge in [0.1, 0.15) is 69.0 Å². The summed E-state index contributed by atoms with van der Waals surface area (Å²) in [6, 6.07) is 137. The molecule has 0 saturated carbocycles. The van der Waals surface area contributed by atoms with Crippen LogP contribution in [0.25, 0.3) is 100 Å². The standard InChI is InChI=1S/C39H29BO2.2C37H25BO2/c1-24-11-4-7-14-28(24)27-19-21-35-34(23-27)40-33-18-10-17-31(29-15-8-5-12-25(29)2)38(33)42-36-22-20-32(39(41-35)37(36)40)30-16-9-6-13-26(30)3;1-24-10-8-9-15-29(24)28-17-20-33-32(23-28)38-31-22-27(25-11-4-2-5-12-25)16-19-34(31)40-37-30(26-13-6-3-7-14-26)18-21-35(39-33)36(37)38;1-24-10-8-9-15-29(24)28-17-20-34-32(23-28)38-31-22-27(25-11-4-2-5-12-25)16-19-33(31)39-35-21-18-30(37(40-34)36(35)38)26-13-6-3-7-14-26/h4-23H,1-3H3;2*2-23H,1H3. The van der Waals surface area contributed by atoms with Crippen LogP contribution in [0, 0.1) is 34.6 Å². The van der Waals surface area contributed by atoms with Crippen LogP contribution in [0.3, 0.4) is 0 Å². The highest BCUT2D eigenvalue weighted by molar-refractivity contribution is 7.00. The first-order valence-electron chi connectivity index (χ1n) is 42.0. The average Bonchev–Trinajstić information content (AvgIpc) is 0.731. The Morgan fingerprint density at radius 3 is 0.754 bits per heavy atom. The summed E-state index contributed by atoms with van der Waals surface area (Å²) in [5.41, 5.74) is 37.4. The third-order valence-corrected chi connectivity index (χ3v) is 25.2. The van der Waals surface area contributed by atoms with Crippen molar-refractivity contribution in [2.24, 2.45) is 0 Å². The van der Waals surface area contributed by atoms with Crippen LogP contribution in [0.15, 0.2) is 388 Å². The molecule has 18 aromatic rings. The summed E-state index contributed by atoms with van der Waals surface area (Å²) in [6.07, 6.45) is 0. The topological polar surface area (TPSA) is 55.4 Å². The largest absolute Gasteiger partial charge is 0.458 e. The van der Waals surface area contributed by atoms with Gasteiger partial charge in [-0.2, -0.15) is 0 Å². The van der Waals surface area contributed by atoms with Crippen molar-refractivity contribution >= 4 is 69.3 Å². The molecule has 576 valence electrons. The number of hydrogen-bond donors (Lipinski definition) is 0. The van der Waals surface area contributed by atoms with E-state index in [1.54, 1.807) is 0 Å². The number of ether oxygens (including phenoxy) is 6. The van der Waals surface area contributed by atoms with Crippen LogP contribution in [-0.2, 0) is 0 Å². The molecule has 0 saturated heterocycles. The number of hydrogen-bond acceptors (Lipinski definition) is 6. The first kappa shape index (κ1) is 73.3. The van der Waals surface area contributed by atoms with Crippen molar-refractivity contribution in [3.8, 4) is 169 Å². The van der Waals surface area contributed by atoms with Gasteiger partial charge in [0.05, 0.1) is 0 Å². The first-order chi connectivity index (χ1) is 60.1. The summed E-state index contributed by atoms with van der Waals surface area (Å²) in [6.45, 7) is 10.8. The fourth-order valence-electron chi connectivity index (χ4n) is 19.2. The fraction of sp³-hybridized carbons (Fsp3) is 0.0442. The van der Waals surface area contributed by atoms with E-state index >= 15 is 0 Å². The zero-order chi connectivity index (χ0) is 81.6. The molecular weight excluding hydrogens is 1490 g/mol. The van der Waals surface area contributed by atoms with Gasteiger partial charge >= 0.3 is 0 Å². The number of rotatable bonds is 9. The third-order valence-electron chi connectivity index (χ3n) is 25.2. The Labute approximate surface area is 712 Å². The molecule has 0 amide bonds. The van der Waals surface area contributed by atoms with E-state index in [0.717, 1.165) is 152 Å². The average molecular weight is 1570 g/mol. The maximum atomic E-state index is 6.85. The lowest BCUT2D eigenvalue weighted by Crippen LogP contribution is -2.57. The van der Waals surface area contributed by atoms with Gasteiger partial charge in [0.25, 0.3) is 20.1 Å². The Hall–Kier alpha value is -15.0. The van der Waals surface area contributed by atoms with Crippen LogP contribution in [0.2, 0.25) is 0 Å². The van der Waals surface area contributed by atoms with Gasteiger partial charge in [-0.15, -0.1) is 0 Å². The minimum absolute atomic E-state index is 0.0196. The molecule has 6 aliphatic rings. The van der Waals surface area contributed by atoms with E-state index < -0.39 is 0 Å². The van der Waals surface area contributed by atoms with E-state index in [0.29, 0.717) is 0 Å². The molecule has 18 aromatic carbocycles. The summed E-state index contributed by atoms with van der Waals surface area (Å²) in [7, 11) is 0. The molecule has 0 radical (unpaired) electrons. The zero-order valence-electron chi connectivity index (χ0n) is 68.1. The van der Waals surface area contributed by atoms with Crippen LogP contribution in [-0.4, -0.2) is 20.1 Å². The van der Waals surface area contributed by atoms with Gasteiger partial charge in [0, 0.05) is 38.6 Å². The maximum Gasteiger partial charge on any atom is 0.260 e. The SMILES string of the molecule is Cc1ccccc1-c1ccc2c(c1)B1c3cc(-c4ccccc4)ccc3Oc3c(-c4ccccc4)ccc(c31)O2.Cc1ccccc1-c1ccc2c(c1)B1c3cc(-c4ccccc4)ccc3Oc3ccc(-c4ccccc4)c(c31)O2.Cc1ccccc1-c1ccc2c(c1)B1c3cccc(-c4ccccc4C)c3Oc3ccc(-c4ccccc4C)c(c31)O2. The molecule has 0 bridgehead atoms. The van der Waals surface area contributed by atoms with Gasteiger partial charge in [-0.1, -0.05) is 322 Å². The van der Waals surface area contributed by atoms with Gasteiger partial charge in [-0.25, -0.2) is 0 Å². The molecule has 0 spiro atoms. The van der Waals surface area contributed by atoms with Crippen molar-refractivity contribution in [1.82, 2.24) is 0 Å². The second kappa shape index (κ2) is 30.4. The van der Waals surface area contributed by atoms with Crippen LogP contribution < -0.4 is 77.6 Å². The molecular formula is C113H79B3O6. The molecule has 24 rings (SSSR count). The second-order valence-corrected chi connectivity index (χ2v) is 32.5. The van der Waals surface area contributed by atoms with Crippen molar-refractivity contribution in [3.05, 3.63) is 416 Å². The summed E-state index contributed by atoms with van der Waals surface area (Å²) in [4.78, 5) is 0. The van der Waals surface area contributed by atoms with E-state index in [9.17, 15) is 0 Å². The molecule has 122 heavy (non-hydrogen) atoms. The number of para-hydroxylation sites is 1. The van der Waals surface area contributed by atoms with Gasteiger partial charge in [-0.05, 0) is 240 Å². The van der Waals surface area contributed by atoms with E-state index in [1.165, 1.54) is 94.6 Å². The lowest BCUT2D eigenvalue weighted by molar-refractivity contribution is 0.465.